The highest BCUT2D eigenvalue weighted by Crippen LogP contribution is 2.19. The molecule has 0 aromatic heterocycles. The van der Waals surface area contributed by atoms with Crippen molar-refractivity contribution in [3.05, 3.63) is 30.3 Å². The predicted molar refractivity (Wildman–Crippen MR) is 84.3 cm³/mol. The molecule has 1 amide bonds. The normalized spacial score (nSPS) is 22.8. The maximum Gasteiger partial charge on any atom is 0.249 e. The topological polar surface area (TPSA) is 67.6 Å². The van der Waals surface area contributed by atoms with Gasteiger partial charge in [0, 0.05) is 31.9 Å². The molecule has 2 rings (SSSR count). The molecule has 116 valence electrons. The maximum atomic E-state index is 12.1. The van der Waals surface area contributed by atoms with E-state index in [4.69, 9.17) is 10.5 Å². The molecule has 5 nitrogen and oxygen atoms in total. The summed E-state index contributed by atoms with van der Waals surface area (Å²) in [6.07, 6.45) is 1.32. The number of nitrogens with zero attached hydrogens (tertiary/aromatic N) is 1. The van der Waals surface area contributed by atoms with Crippen LogP contribution in [0, 0.1) is 0 Å². The van der Waals surface area contributed by atoms with Crippen molar-refractivity contribution >= 4 is 11.6 Å². The van der Waals surface area contributed by atoms with Crippen LogP contribution in [0.5, 0.6) is 0 Å². The van der Waals surface area contributed by atoms with Crippen molar-refractivity contribution in [3.63, 3.8) is 0 Å². The lowest BCUT2D eigenvalue weighted by Gasteiger charge is -2.27. The van der Waals surface area contributed by atoms with E-state index in [1.54, 1.807) is 0 Å². The molecule has 0 spiro atoms. The van der Waals surface area contributed by atoms with E-state index in [1.807, 2.05) is 25.2 Å². The first kappa shape index (κ1) is 15.8. The van der Waals surface area contributed by atoms with E-state index in [0.717, 1.165) is 18.5 Å². The SMILES string of the molecule is CC(CNC(=O)[C@@H]1CC[C@H](CN)O1)N(C)c1ccccc1. The summed E-state index contributed by atoms with van der Waals surface area (Å²) in [5.41, 5.74) is 6.70. The first-order valence-electron chi connectivity index (χ1n) is 7.53. The number of para-hydroxylation sites is 1. The third-order valence-electron chi connectivity index (χ3n) is 4.06. The van der Waals surface area contributed by atoms with Gasteiger partial charge in [-0.25, -0.2) is 0 Å². The lowest BCUT2D eigenvalue weighted by molar-refractivity contribution is -0.131. The van der Waals surface area contributed by atoms with Crippen molar-refractivity contribution in [2.24, 2.45) is 5.73 Å². The van der Waals surface area contributed by atoms with Gasteiger partial charge in [-0.05, 0) is 31.9 Å². The summed E-state index contributed by atoms with van der Waals surface area (Å²) in [5, 5.41) is 2.97. The summed E-state index contributed by atoms with van der Waals surface area (Å²) in [4.78, 5) is 14.2. The molecule has 0 saturated carbocycles. The molecule has 0 bridgehead atoms. The van der Waals surface area contributed by atoms with Crippen molar-refractivity contribution in [1.29, 1.82) is 0 Å². The molecule has 1 saturated heterocycles. The summed E-state index contributed by atoms with van der Waals surface area (Å²) in [7, 11) is 2.03. The second-order valence-corrected chi connectivity index (χ2v) is 5.60. The Kier molecular flexibility index (Phi) is 5.59. The van der Waals surface area contributed by atoms with Gasteiger partial charge in [-0.2, -0.15) is 0 Å². The van der Waals surface area contributed by atoms with Crippen LogP contribution in [-0.2, 0) is 9.53 Å². The highest BCUT2D eigenvalue weighted by atomic mass is 16.5. The van der Waals surface area contributed by atoms with Gasteiger partial charge in [-0.1, -0.05) is 18.2 Å². The lowest BCUT2D eigenvalue weighted by atomic mass is 10.2. The molecule has 1 fully saturated rings. The van der Waals surface area contributed by atoms with Crippen LogP contribution in [0.1, 0.15) is 19.8 Å². The zero-order valence-corrected chi connectivity index (χ0v) is 12.8. The molecule has 1 aliphatic rings. The summed E-state index contributed by atoms with van der Waals surface area (Å²) < 4.78 is 5.60. The van der Waals surface area contributed by atoms with Gasteiger partial charge < -0.3 is 20.7 Å². The minimum Gasteiger partial charge on any atom is -0.370 e. The fraction of sp³-hybridized carbons (Fsp3) is 0.562. The number of nitrogens with one attached hydrogen (secondary N) is 1. The molecule has 21 heavy (non-hydrogen) atoms. The number of benzene rings is 1. The largest absolute Gasteiger partial charge is 0.370 e. The Labute approximate surface area is 126 Å². The molecular weight excluding hydrogens is 266 g/mol. The van der Waals surface area contributed by atoms with Crippen LogP contribution in [0.4, 0.5) is 5.69 Å². The maximum absolute atomic E-state index is 12.1. The van der Waals surface area contributed by atoms with E-state index in [0.29, 0.717) is 13.1 Å². The van der Waals surface area contributed by atoms with Crippen molar-refractivity contribution in [2.45, 2.75) is 38.0 Å². The average Bonchev–Trinajstić information content (AvgIpc) is 3.01. The molecule has 1 unspecified atom stereocenters. The second kappa shape index (κ2) is 7.43. The molecule has 3 atom stereocenters. The van der Waals surface area contributed by atoms with Crippen molar-refractivity contribution in [3.8, 4) is 0 Å². The summed E-state index contributed by atoms with van der Waals surface area (Å²) in [6.45, 7) is 3.17. The monoisotopic (exact) mass is 291 g/mol. The molecule has 1 heterocycles. The number of hydrogen-bond acceptors (Lipinski definition) is 4. The van der Waals surface area contributed by atoms with E-state index in [1.165, 1.54) is 0 Å². The Hall–Kier alpha value is -1.59. The Morgan fingerprint density at radius 1 is 1.43 bits per heavy atom. The zero-order chi connectivity index (χ0) is 15.2. The molecule has 0 aliphatic carbocycles. The van der Waals surface area contributed by atoms with Crippen LogP contribution < -0.4 is 16.0 Å². The molecule has 1 aliphatic heterocycles. The predicted octanol–water partition coefficient (Wildman–Crippen LogP) is 1.13. The molecule has 1 aromatic rings. The number of amides is 1. The Morgan fingerprint density at radius 3 is 2.76 bits per heavy atom. The first-order chi connectivity index (χ1) is 10.1. The van der Waals surface area contributed by atoms with Crippen LogP contribution in [0.25, 0.3) is 0 Å². The summed E-state index contributed by atoms with van der Waals surface area (Å²) in [5.74, 6) is -0.0285. The van der Waals surface area contributed by atoms with Gasteiger partial charge in [0.05, 0.1) is 6.10 Å². The van der Waals surface area contributed by atoms with E-state index >= 15 is 0 Å². The molecule has 3 N–H and O–H groups in total. The van der Waals surface area contributed by atoms with Crippen molar-refractivity contribution in [1.82, 2.24) is 5.32 Å². The van der Waals surface area contributed by atoms with Crippen LogP contribution in [0.2, 0.25) is 0 Å². The number of carbonyl (C=O) groups excluding carboxylic acids is 1. The van der Waals surface area contributed by atoms with E-state index < -0.39 is 0 Å². The molecular formula is C16H25N3O2. The standard InChI is InChI=1S/C16H25N3O2/c1-12(19(2)13-6-4-3-5-7-13)11-18-16(20)15-9-8-14(10-17)21-15/h3-7,12,14-15H,8-11,17H2,1-2H3,(H,18,20)/t12?,14-,15+/m1/s1. The van der Waals surface area contributed by atoms with E-state index in [9.17, 15) is 4.79 Å². The highest BCUT2D eigenvalue weighted by molar-refractivity contribution is 5.81. The van der Waals surface area contributed by atoms with Gasteiger partial charge in [0.2, 0.25) is 5.91 Å². The number of anilines is 1. The number of likely N-dealkylation sites (N-methyl/N-ethyl adjacent to an activating group) is 1. The first-order valence-corrected chi connectivity index (χ1v) is 7.53. The van der Waals surface area contributed by atoms with Crippen molar-refractivity contribution in [2.75, 3.05) is 25.0 Å². The van der Waals surface area contributed by atoms with Crippen LogP contribution in [0.15, 0.2) is 30.3 Å². The third-order valence-corrected chi connectivity index (χ3v) is 4.06. The van der Waals surface area contributed by atoms with E-state index in [2.05, 4.69) is 29.3 Å². The lowest BCUT2D eigenvalue weighted by Crippen LogP contribution is -2.43. The minimum atomic E-state index is -0.340. The smallest absolute Gasteiger partial charge is 0.249 e. The van der Waals surface area contributed by atoms with Gasteiger partial charge in [-0.3, -0.25) is 4.79 Å². The molecule has 0 radical (unpaired) electrons. The fourth-order valence-electron chi connectivity index (χ4n) is 2.49. The Bertz CT molecular complexity index is 452. The molecule has 5 heteroatoms. The van der Waals surface area contributed by atoms with Gasteiger partial charge in [0.1, 0.15) is 6.10 Å². The molecule has 1 aromatic carbocycles. The number of ether oxygens (including phenoxy) is 1. The highest BCUT2D eigenvalue weighted by Gasteiger charge is 2.29. The van der Waals surface area contributed by atoms with E-state index in [-0.39, 0.29) is 24.2 Å². The van der Waals surface area contributed by atoms with Gasteiger partial charge >= 0.3 is 0 Å². The van der Waals surface area contributed by atoms with Gasteiger partial charge in [0.25, 0.3) is 0 Å². The zero-order valence-electron chi connectivity index (χ0n) is 12.8. The Morgan fingerprint density at radius 2 is 2.14 bits per heavy atom. The van der Waals surface area contributed by atoms with Crippen LogP contribution in [-0.4, -0.2) is 44.3 Å². The number of carbonyl (C=O) groups is 1. The van der Waals surface area contributed by atoms with Gasteiger partial charge in [0.15, 0.2) is 0 Å². The van der Waals surface area contributed by atoms with Gasteiger partial charge in [-0.15, -0.1) is 0 Å². The number of hydrogen-bond donors (Lipinski definition) is 2. The second-order valence-electron chi connectivity index (χ2n) is 5.60. The van der Waals surface area contributed by atoms with Crippen LogP contribution >= 0.6 is 0 Å². The average molecular weight is 291 g/mol. The Balaban J connectivity index is 1.78. The van der Waals surface area contributed by atoms with Crippen molar-refractivity contribution < 1.29 is 9.53 Å². The summed E-state index contributed by atoms with van der Waals surface area (Å²) in [6, 6.07) is 10.3. The summed E-state index contributed by atoms with van der Waals surface area (Å²) >= 11 is 0. The number of nitrogens with two attached hydrogens (primary N) is 1. The fourth-order valence-corrected chi connectivity index (χ4v) is 2.49. The number of rotatable bonds is 6. The quantitative estimate of drug-likeness (QED) is 0.824. The minimum absolute atomic E-state index is 0.0285. The third kappa shape index (κ3) is 4.19. The van der Waals surface area contributed by atoms with Crippen LogP contribution in [0.3, 0.4) is 0 Å².